The van der Waals surface area contributed by atoms with Gasteiger partial charge in [-0.05, 0) is 43.2 Å². The fraction of sp³-hybridized carbons (Fsp3) is 0.500. The van der Waals surface area contributed by atoms with Crippen LogP contribution in [-0.4, -0.2) is 11.9 Å². The lowest BCUT2D eigenvalue weighted by atomic mass is 9.84. The van der Waals surface area contributed by atoms with Gasteiger partial charge in [0, 0.05) is 6.04 Å². The molecule has 0 radical (unpaired) electrons. The number of anilines is 1. The summed E-state index contributed by atoms with van der Waals surface area (Å²) in [5.41, 5.74) is 6.66. The molecule has 2 aliphatic rings. The van der Waals surface area contributed by atoms with Gasteiger partial charge in [0.1, 0.15) is 0 Å². The third-order valence-electron chi connectivity index (χ3n) is 4.55. The van der Waals surface area contributed by atoms with Gasteiger partial charge in [0.05, 0.1) is 26.7 Å². The van der Waals surface area contributed by atoms with Gasteiger partial charge in [0.2, 0.25) is 5.91 Å². The summed E-state index contributed by atoms with van der Waals surface area (Å²) in [7, 11) is 0. The van der Waals surface area contributed by atoms with Gasteiger partial charge in [0.25, 0.3) is 0 Å². The van der Waals surface area contributed by atoms with Crippen LogP contribution in [0.25, 0.3) is 0 Å². The molecule has 2 saturated carbocycles. The molecule has 1 aromatic carbocycles. The Hall–Kier alpha value is -0.480. The molecule has 20 heavy (non-hydrogen) atoms. The average molecular weight is 334 g/mol. The van der Waals surface area contributed by atoms with E-state index in [1.165, 1.54) is 6.07 Å². The molecule has 0 spiro atoms. The van der Waals surface area contributed by atoms with Crippen molar-refractivity contribution >= 4 is 46.4 Å². The summed E-state index contributed by atoms with van der Waals surface area (Å²) < 4.78 is 0. The zero-order chi connectivity index (χ0) is 14.4. The Morgan fingerprint density at radius 1 is 1.10 bits per heavy atom. The Morgan fingerprint density at radius 2 is 1.75 bits per heavy atom. The second-order valence-corrected chi connectivity index (χ2v) is 6.89. The number of halogens is 3. The predicted octanol–water partition coefficient (Wildman–Crippen LogP) is 3.96. The standard InChI is InChI=1S/C14H15Cl3N2O/c15-8-4-10(17)11(5-9(8)16)19-14(20)12-6-1-2-7(3-6)13(12)18/h4-7,12-13H,1-3,18H2,(H,19,20). The maximum atomic E-state index is 12.4. The number of amides is 1. The topological polar surface area (TPSA) is 55.1 Å². The molecule has 4 atom stereocenters. The molecule has 4 unspecified atom stereocenters. The Bertz CT molecular complexity index is 562. The maximum absolute atomic E-state index is 12.4. The first kappa shape index (κ1) is 14.5. The largest absolute Gasteiger partial charge is 0.327 e. The van der Waals surface area contributed by atoms with Gasteiger partial charge >= 0.3 is 0 Å². The van der Waals surface area contributed by atoms with Crippen LogP contribution in [0.15, 0.2) is 12.1 Å². The number of rotatable bonds is 2. The fourth-order valence-corrected chi connectivity index (χ4v) is 4.15. The zero-order valence-corrected chi connectivity index (χ0v) is 13.0. The molecular formula is C14H15Cl3N2O. The first-order chi connectivity index (χ1) is 9.47. The van der Waals surface area contributed by atoms with Crippen LogP contribution in [0.2, 0.25) is 15.1 Å². The first-order valence-corrected chi connectivity index (χ1v) is 7.81. The number of benzene rings is 1. The minimum absolute atomic E-state index is 0.0460. The third-order valence-corrected chi connectivity index (χ3v) is 5.59. The van der Waals surface area contributed by atoms with Crippen molar-refractivity contribution in [3.8, 4) is 0 Å². The summed E-state index contributed by atoms with van der Waals surface area (Å²) in [4.78, 5) is 12.4. The highest BCUT2D eigenvalue weighted by Gasteiger charge is 2.49. The minimum atomic E-state index is -0.126. The van der Waals surface area contributed by atoms with E-state index in [-0.39, 0.29) is 17.9 Å². The Labute approximate surface area is 132 Å². The van der Waals surface area contributed by atoms with Crippen LogP contribution in [0.5, 0.6) is 0 Å². The van der Waals surface area contributed by atoms with Gasteiger partial charge in [-0.15, -0.1) is 0 Å². The molecule has 3 rings (SSSR count). The van der Waals surface area contributed by atoms with E-state index in [0.717, 1.165) is 19.3 Å². The molecule has 3 N–H and O–H groups in total. The lowest BCUT2D eigenvalue weighted by Gasteiger charge is -2.27. The Kier molecular flexibility index (Phi) is 3.89. The van der Waals surface area contributed by atoms with Crippen molar-refractivity contribution in [2.75, 3.05) is 5.32 Å². The predicted molar refractivity (Wildman–Crippen MR) is 82.4 cm³/mol. The van der Waals surface area contributed by atoms with Crippen molar-refractivity contribution in [3.63, 3.8) is 0 Å². The van der Waals surface area contributed by atoms with Gasteiger partial charge in [-0.1, -0.05) is 34.8 Å². The lowest BCUT2D eigenvalue weighted by molar-refractivity contribution is -0.121. The zero-order valence-electron chi connectivity index (χ0n) is 10.7. The van der Waals surface area contributed by atoms with Crippen molar-refractivity contribution in [1.29, 1.82) is 0 Å². The van der Waals surface area contributed by atoms with E-state index in [2.05, 4.69) is 5.32 Å². The molecule has 0 heterocycles. The van der Waals surface area contributed by atoms with E-state index < -0.39 is 0 Å². The molecule has 0 saturated heterocycles. The summed E-state index contributed by atoms with van der Waals surface area (Å²) in [6, 6.07) is 3.06. The van der Waals surface area contributed by atoms with Crippen LogP contribution in [0.1, 0.15) is 19.3 Å². The molecule has 0 aliphatic heterocycles. The highest BCUT2D eigenvalue weighted by atomic mass is 35.5. The van der Waals surface area contributed by atoms with Crippen LogP contribution >= 0.6 is 34.8 Å². The van der Waals surface area contributed by atoms with E-state index in [1.807, 2.05) is 0 Å². The van der Waals surface area contributed by atoms with E-state index in [4.69, 9.17) is 40.5 Å². The number of carbonyl (C=O) groups is 1. The van der Waals surface area contributed by atoms with Crippen molar-refractivity contribution in [1.82, 2.24) is 0 Å². The number of fused-ring (bicyclic) bond motifs is 2. The van der Waals surface area contributed by atoms with Crippen LogP contribution in [0.3, 0.4) is 0 Å². The van der Waals surface area contributed by atoms with Crippen LogP contribution in [0.4, 0.5) is 5.69 Å². The van der Waals surface area contributed by atoms with E-state index in [0.29, 0.717) is 32.6 Å². The molecule has 2 bridgehead atoms. The van der Waals surface area contributed by atoms with E-state index in [1.54, 1.807) is 6.07 Å². The molecule has 3 nitrogen and oxygen atoms in total. The highest BCUT2D eigenvalue weighted by molar-refractivity contribution is 6.44. The summed E-state index contributed by atoms with van der Waals surface area (Å²) in [6.07, 6.45) is 3.29. The molecule has 1 aromatic rings. The molecule has 2 aliphatic carbocycles. The van der Waals surface area contributed by atoms with Gasteiger partial charge < -0.3 is 11.1 Å². The molecule has 2 fully saturated rings. The maximum Gasteiger partial charge on any atom is 0.229 e. The smallest absolute Gasteiger partial charge is 0.229 e. The summed E-state index contributed by atoms with van der Waals surface area (Å²) in [5.74, 6) is 0.695. The Morgan fingerprint density at radius 3 is 2.40 bits per heavy atom. The molecule has 108 valence electrons. The van der Waals surface area contributed by atoms with E-state index in [9.17, 15) is 4.79 Å². The first-order valence-electron chi connectivity index (χ1n) is 6.68. The summed E-state index contributed by atoms with van der Waals surface area (Å²) in [5, 5.41) is 3.95. The van der Waals surface area contributed by atoms with Crippen molar-refractivity contribution in [2.24, 2.45) is 23.5 Å². The van der Waals surface area contributed by atoms with Crippen molar-refractivity contribution in [3.05, 3.63) is 27.2 Å². The quantitative estimate of drug-likeness (QED) is 0.805. The highest BCUT2D eigenvalue weighted by Crippen LogP contribution is 2.48. The van der Waals surface area contributed by atoms with Crippen LogP contribution in [-0.2, 0) is 4.79 Å². The van der Waals surface area contributed by atoms with Crippen molar-refractivity contribution in [2.45, 2.75) is 25.3 Å². The monoisotopic (exact) mass is 332 g/mol. The normalized spacial score (nSPS) is 31.6. The molecule has 6 heteroatoms. The number of nitrogens with two attached hydrogens (primary N) is 1. The van der Waals surface area contributed by atoms with Gasteiger partial charge in [-0.2, -0.15) is 0 Å². The fourth-order valence-electron chi connectivity index (χ4n) is 3.56. The van der Waals surface area contributed by atoms with Crippen LogP contribution in [0, 0.1) is 17.8 Å². The Balaban J connectivity index is 1.78. The third kappa shape index (κ3) is 2.41. The number of nitrogens with one attached hydrogen (secondary N) is 1. The lowest BCUT2D eigenvalue weighted by Crippen LogP contribution is -2.42. The van der Waals surface area contributed by atoms with E-state index >= 15 is 0 Å². The summed E-state index contributed by atoms with van der Waals surface area (Å²) in [6.45, 7) is 0. The minimum Gasteiger partial charge on any atom is -0.327 e. The number of carbonyl (C=O) groups excluding carboxylic acids is 1. The van der Waals surface area contributed by atoms with Crippen molar-refractivity contribution < 1.29 is 4.79 Å². The SMILES string of the molecule is NC1C2CCC(C2)C1C(=O)Nc1cc(Cl)c(Cl)cc1Cl. The average Bonchev–Trinajstić information content (AvgIpc) is 2.96. The number of hydrogen-bond acceptors (Lipinski definition) is 2. The molecular weight excluding hydrogens is 319 g/mol. The van der Waals surface area contributed by atoms with Gasteiger partial charge in [-0.3, -0.25) is 4.79 Å². The van der Waals surface area contributed by atoms with Gasteiger partial charge in [0.15, 0.2) is 0 Å². The van der Waals surface area contributed by atoms with Crippen LogP contribution < -0.4 is 11.1 Å². The van der Waals surface area contributed by atoms with Gasteiger partial charge in [-0.25, -0.2) is 0 Å². The molecule has 0 aromatic heterocycles. The molecule has 1 amide bonds. The second-order valence-electron chi connectivity index (χ2n) is 5.67. The summed E-state index contributed by atoms with van der Waals surface area (Å²) >= 11 is 17.9. The number of hydrogen-bond donors (Lipinski definition) is 2. The second kappa shape index (κ2) is 5.38.